The van der Waals surface area contributed by atoms with Crippen molar-refractivity contribution in [3.63, 3.8) is 0 Å². The Balaban J connectivity index is 2.96. The topological polar surface area (TPSA) is 76.4 Å². The van der Waals surface area contributed by atoms with Gasteiger partial charge in [-0.05, 0) is 12.1 Å². The molecule has 1 aromatic carbocycles. The van der Waals surface area contributed by atoms with E-state index in [-0.39, 0.29) is 11.6 Å². The Morgan fingerprint density at radius 1 is 1.42 bits per heavy atom. The second-order valence-corrected chi connectivity index (χ2v) is 2.09. The van der Waals surface area contributed by atoms with Crippen LogP contribution < -0.4 is 17.0 Å². The number of nitrogens with zero attached hydrogens (tertiary/aromatic N) is 1. The van der Waals surface area contributed by atoms with Gasteiger partial charge in [-0.25, -0.2) is 15.2 Å². The van der Waals surface area contributed by atoms with Crippen LogP contribution in [0.25, 0.3) is 0 Å². The Bertz CT molecular complexity index is 297. The molecule has 0 bridgehead atoms. The summed E-state index contributed by atoms with van der Waals surface area (Å²) in [7, 11) is 0. The number of hydrogen-bond acceptors (Lipinski definition) is 2. The Morgan fingerprint density at radius 3 is 2.67 bits per heavy atom. The Kier molecular flexibility index (Phi) is 2.60. The molecule has 0 aliphatic heterocycles. The lowest BCUT2D eigenvalue weighted by molar-refractivity contribution is 0.629. The van der Waals surface area contributed by atoms with Crippen molar-refractivity contribution >= 4 is 11.6 Å². The van der Waals surface area contributed by atoms with Crippen molar-refractivity contribution in [2.45, 2.75) is 0 Å². The summed E-state index contributed by atoms with van der Waals surface area (Å²) in [6.07, 6.45) is 0. The first-order valence-electron chi connectivity index (χ1n) is 3.29. The molecule has 0 spiro atoms. The quantitative estimate of drug-likeness (QED) is 0.243. The number of benzene rings is 1. The van der Waals surface area contributed by atoms with Crippen molar-refractivity contribution in [2.24, 2.45) is 16.6 Å². The third-order valence-corrected chi connectivity index (χ3v) is 1.24. The first kappa shape index (κ1) is 8.48. The predicted octanol–water partition coefficient (Wildman–Crippen LogP) is 0.235. The van der Waals surface area contributed by atoms with Gasteiger partial charge >= 0.3 is 0 Å². The molecule has 0 atom stereocenters. The van der Waals surface area contributed by atoms with Crippen molar-refractivity contribution in [2.75, 3.05) is 0 Å². The largest absolute Gasteiger partial charge is 0.369 e. The molecule has 0 unspecified atom stereocenters. The smallest absolute Gasteiger partial charge is 0.208 e. The van der Waals surface area contributed by atoms with Gasteiger partial charge < -0.3 is 5.73 Å². The van der Waals surface area contributed by atoms with Gasteiger partial charge in [0.15, 0.2) is 0 Å². The van der Waals surface area contributed by atoms with Crippen LogP contribution in [0.5, 0.6) is 0 Å². The van der Waals surface area contributed by atoms with Crippen molar-refractivity contribution < 1.29 is 4.39 Å². The molecule has 0 aliphatic carbocycles. The first-order chi connectivity index (χ1) is 5.74. The molecule has 4 nitrogen and oxygen atoms in total. The SMILES string of the molecule is NNC(N)=Nc1ccccc1F. The Morgan fingerprint density at radius 2 is 2.08 bits per heavy atom. The van der Waals surface area contributed by atoms with Crippen LogP contribution in [0.1, 0.15) is 0 Å². The van der Waals surface area contributed by atoms with Crippen LogP contribution in [0.4, 0.5) is 10.1 Å². The van der Waals surface area contributed by atoms with E-state index < -0.39 is 5.82 Å². The van der Waals surface area contributed by atoms with Crippen LogP contribution in [-0.4, -0.2) is 5.96 Å². The molecule has 0 radical (unpaired) electrons. The van der Waals surface area contributed by atoms with Crippen LogP contribution in [0.3, 0.4) is 0 Å². The second-order valence-electron chi connectivity index (χ2n) is 2.09. The molecule has 0 saturated carbocycles. The van der Waals surface area contributed by atoms with Gasteiger partial charge in [0.1, 0.15) is 11.5 Å². The van der Waals surface area contributed by atoms with E-state index in [4.69, 9.17) is 11.6 Å². The average Bonchev–Trinajstić information content (AvgIpc) is 2.09. The number of para-hydroxylation sites is 1. The number of hydrogen-bond donors (Lipinski definition) is 3. The van der Waals surface area contributed by atoms with Gasteiger partial charge in [-0.15, -0.1) is 0 Å². The van der Waals surface area contributed by atoms with Gasteiger partial charge in [-0.2, -0.15) is 0 Å². The van der Waals surface area contributed by atoms with Crippen molar-refractivity contribution in [1.29, 1.82) is 0 Å². The van der Waals surface area contributed by atoms with Crippen LogP contribution in [-0.2, 0) is 0 Å². The molecule has 1 rings (SSSR count). The number of rotatable bonds is 1. The van der Waals surface area contributed by atoms with E-state index in [1.807, 2.05) is 0 Å². The van der Waals surface area contributed by atoms with Gasteiger partial charge in [0, 0.05) is 0 Å². The molecule has 0 fully saturated rings. The van der Waals surface area contributed by atoms with Crippen LogP contribution in [0.2, 0.25) is 0 Å². The lowest BCUT2D eigenvalue weighted by Gasteiger charge is -1.98. The van der Waals surface area contributed by atoms with Crippen molar-refractivity contribution in [3.8, 4) is 0 Å². The number of halogens is 1. The molecule has 0 saturated heterocycles. The molecular weight excluding hydrogens is 159 g/mol. The van der Waals surface area contributed by atoms with E-state index >= 15 is 0 Å². The van der Waals surface area contributed by atoms with E-state index in [2.05, 4.69) is 10.4 Å². The third kappa shape index (κ3) is 1.93. The van der Waals surface area contributed by atoms with Crippen molar-refractivity contribution in [3.05, 3.63) is 30.1 Å². The highest BCUT2D eigenvalue weighted by Crippen LogP contribution is 2.15. The Labute approximate surface area is 69.1 Å². The Hall–Kier alpha value is -1.62. The minimum absolute atomic E-state index is 0.0277. The molecule has 0 heterocycles. The molecule has 5 N–H and O–H groups in total. The molecule has 0 aromatic heterocycles. The molecule has 0 aliphatic rings. The summed E-state index contributed by atoms with van der Waals surface area (Å²) in [5, 5.41) is 0. The summed E-state index contributed by atoms with van der Waals surface area (Å²) in [5.74, 6) is 4.48. The fourth-order valence-corrected chi connectivity index (χ4v) is 0.704. The number of hydrazine groups is 1. The summed E-state index contributed by atoms with van der Waals surface area (Å²) in [6, 6.07) is 6.02. The molecule has 12 heavy (non-hydrogen) atoms. The number of nitrogens with two attached hydrogens (primary N) is 2. The molecule has 5 heteroatoms. The predicted molar refractivity (Wildman–Crippen MR) is 45.0 cm³/mol. The molecule has 1 aromatic rings. The highest BCUT2D eigenvalue weighted by molar-refractivity contribution is 5.80. The third-order valence-electron chi connectivity index (χ3n) is 1.24. The zero-order valence-electron chi connectivity index (χ0n) is 6.29. The van der Waals surface area contributed by atoms with Gasteiger partial charge in [0.25, 0.3) is 0 Å². The number of nitrogens with one attached hydrogen (secondary N) is 1. The minimum atomic E-state index is -0.435. The van der Waals surface area contributed by atoms with Gasteiger partial charge in [-0.3, -0.25) is 5.43 Å². The minimum Gasteiger partial charge on any atom is -0.369 e. The average molecular weight is 168 g/mol. The number of aliphatic imine (C=N–C) groups is 1. The normalized spacial score (nSPS) is 11.3. The van der Waals surface area contributed by atoms with E-state index in [0.717, 1.165) is 0 Å². The lowest BCUT2D eigenvalue weighted by Crippen LogP contribution is -2.36. The van der Waals surface area contributed by atoms with Crippen LogP contribution in [0, 0.1) is 5.82 Å². The summed E-state index contributed by atoms with van der Waals surface area (Å²) in [4.78, 5) is 3.66. The van der Waals surface area contributed by atoms with E-state index in [9.17, 15) is 4.39 Å². The fraction of sp³-hybridized carbons (Fsp3) is 0. The fourth-order valence-electron chi connectivity index (χ4n) is 0.704. The molecule has 64 valence electrons. The summed E-state index contributed by atoms with van der Waals surface area (Å²) in [5.41, 5.74) is 7.48. The maximum absolute atomic E-state index is 12.9. The van der Waals surface area contributed by atoms with Gasteiger partial charge in [0.2, 0.25) is 5.96 Å². The van der Waals surface area contributed by atoms with Gasteiger partial charge in [-0.1, -0.05) is 12.1 Å². The highest BCUT2D eigenvalue weighted by atomic mass is 19.1. The lowest BCUT2D eigenvalue weighted by atomic mass is 10.3. The van der Waals surface area contributed by atoms with E-state index in [1.165, 1.54) is 12.1 Å². The van der Waals surface area contributed by atoms with E-state index in [1.54, 1.807) is 12.1 Å². The zero-order valence-corrected chi connectivity index (χ0v) is 6.29. The first-order valence-corrected chi connectivity index (χ1v) is 3.29. The standard InChI is InChI=1S/C7H9FN4/c8-5-3-1-2-4-6(5)11-7(9)12-10/h1-4H,10H2,(H3,9,11,12). The second kappa shape index (κ2) is 3.68. The number of guanidine groups is 1. The molecule has 0 amide bonds. The highest BCUT2D eigenvalue weighted by Gasteiger charge is 1.97. The van der Waals surface area contributed by atoms with E-state index in [0.29, 0.717) is 0 Å². The van der Waals surface area contributed by atoms with Crippen LogP contribution in [0.15, 0.2) is 29.3 Å². The zero-order chi connectivity index (χ0) is 8.97. The summed E-state index contributed by atoms with van der Waals surface area (Å²) in [6.45, 7) is 0. The summed E-state index contributed by atoms with van der Waals surface area (Å²) >= 11 is 0. The van der Waals surface area contributed by atoms with Gasteiger partial charge in [0.05, 0.1) is 0 Å². The monoisotopic (exact) mass is 168 g/mol. The summed E-state index contributed by atoms with van der Waals surface area (Å²) < 4.78 is 12.9. The maximum atomic E-state index is 12.9. The maximum Gasteiger partial charge on any atom is 0.208 e. The molecular formula is C7H9FN4. The van der Waals surface area contributed by atoms with Crippen LogP contribution >= 0.6 is 0 Å². The van der Waals surface area contributed by atoms with Crippen molar-refractivity contribution in [1.82, 2.24) is 5.43 Å².